The lowest BCUT2D eigenvalue weighted by molar-refractivity contribution is -0.274. The number of hydrogen-bond donors (Lipinski definition) is 1. The van der Waals surface area contributed by atoms with Crippen molar-refractivity contribution < 1.29 is 27.0 Å². The van der Waals surface area contributed by atoms with Crippen LogP contribution < -0.4 is 10.5 Å². The molecule has 0 fully saturated rings. The molecule has 1 aromatic carbocycles. The Morgan fingerprint density at radius 1 is 1.20 bits per heavy atom. The molecular weight excluding hydrogens is 278 g/mol. The number of alkyl halides is 4. The maximum atomic E-state index is 14.8. The molecule has 1 atom stereocenters. The molecule has 0 amide bonds. The number of hydrogen-bond acceptors (Lipinski definition) is 3. The van der Waals surface area contributed by atoms with E-state index < -0.39 is 17.8 Å². The molecule has 0 bridgehead atoms. The molecule has 0 aliphatic carbocycles. The number of halogens is 4. The van der Waals surface area contributed by atoms with Gasteiger partial charge >= 0.3 is 6.36 Å². The third-order valence-corrected chi connectivity index (χ3v) is 2.74. The lowest BCUT2D eigenvalue weighted by atomic mass is 9.91. The summed E-state index contributed by atoms with van der Waals surface area (Å²) in [4.78, 5) is 0. The van der Waals surface area contributed by atoms with E-state index in [0.717, 1.165) is 12.1 Å². The third-order valence-electron chi connectivity index (χ3n) is 2.74. The maximum Gasteiger partial charge on any atom is 0.573 e. The van der Waals surface area contributed by atoms with Crippen molar-refractivity contribution in [2.24, 2.45) is 5.73 Å². The van der Waals surface area contributed by atoms with Crippen molar-refractivity contribution in [1.82, 2.24) is 0 Å². The molecule has 2 N–H and O–H groups in total. The molecule has 0 aromatic heterocycles. The van der Waals surface area contributed by atoms with E-state index in [9.17, 15) is 17.6 Å². The van der Waals surface area contributed by atoms with Gasteiger partial charge in [-0.3, -0.25) is 0 Å². The van der Waals surface area contributed by atoms with Crippen LogP contribution in [0.1, 0.15) is 18.4 Å². The van der Waals surface area contributed by atoms with Crippen molar-refractivity contribution in [1.29, 1.82) is 0 Å². The predicted molar refractivity (Wildman–Crippen MR) is 66.1 cm³/mol. The summed E-state index contributed by atoms with van der Waals surface area (Å²) >= 11 is 0. The molecule has 20 heavy (non-hydrogen) atoms. The van der Waals surface area contributed by atoms with Gasteiger partial charge in [-0.25, -0.2) is 4.39 Å². The minimum atomic E-state index is -4.81. The maximum absolute atomic E-state index is 14.8. The quantitative estimate of drug-likeness (QED) is 0.786. The van der Waals surface area contributed by atoms with Crippen LogP contribution in [0.2, 0.25) is 0 Å². The van der Waals surface area contributed by atoms with Crippen LogP contribution in [-0.4, -0.2) is 26.6 Å². The summed E-state index contributed by atoms with van der Waals surface area (Å²) in [6, 6.07) is 4.86. The molecule has 7 heteroatoms. The van der Waals surface area contributed by atoms with Crippen LogP contribution in [0.25, 0.3) is 0 Å². The summed E-state index contributed by atoms with van der Waals surface area (Å²) in [5, 5.41) is 0. The molecule has 1 rings (SSSR count). The molecule has 0 spiro atoms. The van der Waals surface area contributed by atoms with Gasteiger partial charge in [-0.2, -0.15) is 0 Å². The molecule has 1 aromatic rings. The molecule has 0 heterocycles. The van der Waals surface area contributed by atoms with Gasteiger partial charge in [-0.1, -0.05) is 12.1 Å². The zero-order valence-corrected chi connectivity index (χ0v) is 11.0. The zero-order valence-electron chi connectivity index (χ0n) is 11.0. The Hall–Kier alpha value is -1.34. The van der Waals surface area contributed by atoms with Crippen molar-refractivity contribution >= 4 is 0 Å². The van der Waals surface area contributed by atoms with E-state index in [1.165, 1.54) is 19.2 Å². The van der Waals surface area contributed by atoms with Gasteiger partial charge in [-0.05, 0) is 37.1 Å². The van der Waals surface area contributed by atoms with Crippen LogP contribution in [0.15, 0.2) is 24.3 Å². The highest BCUT2D eigenvalue weighted by molar-refractivity contribution is 5.32. The van der Waals surface area contributed by atoms with Gasteiger partial charge in [0.2, 0.25) is 0 Å². The van der Waals surface area contributed by atoms with Gasteiger partial charge in [-0.15, -0.1) is 13.2 Å². The first-order valence-electron chi connectivity index (χ1n) is 6.05. The topological polar surface area (TPSA) is 44.5 Å². The molecule has 0 saturated heterocycles. The number of nitrogens with two attached hydrogens (primary N) is 1. The Morgan fingerprint density at radius 3 is 2.45 bits per heavy atom. The first-order valence-corrected chi connectivity index (χ1v) is 6.05. The average molecular weight is 295 g/mol. The molecule has 0 saturated carbocycles. The summed E-state index contributed by atoms with van der Waals surface area (Å²) in [6.07, 6.45) is -4.35. The van der Waals surface area contributed by atoms with E-state index in [4.69, 9.17) is 10.5 Å². The number of rotatable bonds is 7. The van der Waals surface area contributed by atoms with Crippen molar-refractivity contribution in [2.75, 3.05) is 20.3 Å². The van der Waals surface area contributed by atoms with E-state index in [0.29, 0.717) is 6.42 Å². The first-order chi connectivity index (χ1) is 9.30. The molecule has 114 valence electrons. The molecule has 0 aliphatic rings. The summed E-state index contributed by atoms with van der Waals surface area (Å²) in [5.74, 6) is -0.458. The van der Waals surface area contributed by atoms with Crippen molar-refractivity contribution in [3.8, 4) is 5.75 Å². The smallest absolute Gasteiger partial charge is 0.406 e. The van der Waals surface area contributed by atoms with Crippen LogP contribution >= 0.6 is 0 Å². The van der Waals surface area contributed by atoms with E-state index in [2.05, 4.69) is 4.74 Å². The fourth-order valence-corrected chi connectivity index (χ4v) is 1.88. The standard InChI is InChI=1S/C13H17F4NO2/c1-19-9-12(14,6-3-7-18)10-4-2-5-11(8-10)20-13(15,16)17/h2,4-5,8H,3,6-7,9,18H2,1H3. The molecule has 3 nitrogen and oxygen atoms in total. The highest BCUT2D eigenvalue weighted by Crippen LogP contribution is 2.34. The largest absolute Gasteiger partial charge is 0.573 e. The van der Waals surface area contributed by atoms with Crippen LogP contribution in [-0.2, 0) is 10.4 Å². The fraction of sp³-hybridized carbons (Fsp3) is 0.538. The first kappa shape index (κ1) is 16.7. The Bertz CT molecular complexity index is 425. The number of ether oxygens (including phenoxy) is 2. The Morgan fingerprint density at radius 2 is 1.90 bits per heavy atom. The second-order valence-electron chi connectivity index (χ2n) is 4.37. The normalized spacial score (nSPS) is 14.9. The second kappa shape index (κ2) is 6.90. The summed E-state index contributed by atoms with van der Waals surface area (Å²) in [5.41, 5.74) is 3.53. The van der Waals surface area contributed by atoms with Crippen LogP contribution in [0.4, 0.5) is 17.6 Å². The van der Waals surface area contributed by atoms with E-state index in [-0.39, 0.29) is 25.1 Å². The minimum Gasteiger partial charge on any atom is -0.406 e. The van der Waals surface area contributed by atoms with Crippen LogP contribution in [0.3, 0.4) is 0 Å². The van der Waals surface area contributed by atoms with Gasteiger partial charge in [0.1, 0.15) is 5.75 Å². The van der Waals surface area contributed by atoms with E-state index in [1.807, 2.05) is 0 Å². The van der Waals surface area contributed by atoms with Crippen molar-refractivity contribution in [3.05, 3.63) is 29.8 Å². The van der Waals surface area contributed by atoms with Crippen molar-refractivity contribution in [2.45, 2.75) is 24.9 Å². The Balaban J connectivity index is 2.99. The molecule has 1 unspecified atom stereocenters. The Labute approximate surface area is 114 Å². The highest BCUT2D eigenvalue weighted by atomic mass is 19.4. The van der Waals surface area contributed by atoms with E-state index in [1.54, 1.807) is 0 Å². The van der Waals surface area contributed by atoms with Gasteiger partial charge in [0.05, 0.1) is 6.61 Å². The van der Waals surface area contributed by atoms with E-state index >= 15 is 0 Å². The fourth-order valence-electron chi connectivity index (χ4n) is 1.88. The molecule has 0 aliphatic heterocycles. The monoisotopic (exact) mass is 295 g/mol. The number of benzene rings is 1. The van der Waals surface area contributed by atoms with Gasteiger partial charge < -0.3 is 15.2 Å². The van der Waals surface area contributed by atoms with Crippen molar-refractivity contribution in [3.63, 3.8) is 0 Å². The van der Waals surface area contributed by atoms with Gasteiger partial charge in [0.25, 0.3) is 0 Å². The second-order valence-corrected chi connectivity index (χ2v) is 4.37. The van der Waals surface area contributed by atoms with Gasteiger partial charge in [0, 0.05) is 7.11 Å². The van der Waals surface area contributed by atoms with Crippen LogP contribution in [0, 0.1) is 0 Å². The average Bonchev–Trinajstić information content (AvgIpc) is 2.35. The third kappa shape index (κ3) is 4.97. The highest BCUT2D eigenvalue weighted by Gasteiger charge is 2.34. The zero-order chi connectivity index (χ0) is 15.2. The molecule has 0 radical (unpaired) electrons. The summed E-state index contributed by atoms with van der Waals surface area (Å²) in [6.45, 7) is 0.0244. The lowest BCUT2D eigenvalue weighted by Crippen LogP contribution is -2.27. The van der Waals surface area contributed by atoms with Crippen LogP contribution in [0.5, 0.6) is 5.75 Å². The summed E-state index contributed by atoms with van der Waals surface area (Å²) < 4.78 is 59.9. The predicted octanol–water partition coefficient (Wildman–Crippen LogP) is 3.14. The summed E-state index contributed by atoms with van der Waals surface area (Å²) in [7, 11) is 1.33. The lowest BCUT2D eigenvalue weighted by Gasteiger charge is -2.25. The SMILES string of the molecule is COCC(F)(CCCN)c1cccc(OC(F)(F)F)c1. The molecular formula is C13H17F4NO2. The van der Waals surface area contributed by atoms with Gasteiger partial charge in [0.15, 0.2) is 5.67 Å². The Kier molecular flexibility index (Phi) is 5.76. The minimum absolute atomic E-state index is 0.0623. The number of methoxy groups -OCH3 is 1.